The molecule has 1 aromatic carbocycles. The van der Waals surface area contributed by atoms with Gasteiger partial charge in [-0.25, -0.2) is 0 Å². The molecular weight excluding hydrogens is 294 g/mol. The Morgan fingerprint density at radius 3 is 2.00 bits per heavy atom. The van der Waals surface area contributed by atoms with Gasteiger partial charge in [0.1, 0.15) is 5.75 Å². The van der Waals surface area contributed by atoms with E-state index in [1.807, 2.05) is 29.2 Å². The molecular formula is C17H25N3O3. The lowest BCUT2D eigenvalue weighted by Gasteiger charge is -2.35. The fourth-order valence-electron chi connectivity index (χ4n) is 2.69. The van der Waals surface area contributed by atoms with Crippen LogP contribution in [0.1, 0.15) is 18.4 Å². The summed E-state index contributed by atoms with van der Waals surface area (Å²) in [6, 6.07) is 7.77. The Balaban J connectivity index is 1.75. The highest BCUT2D eigenvalue weighted by Gasteiger charge is 2.23. The zero-order valence-corrected chi connectivity index (χ0v) is 13.7. The zero-order chi connectivity index (χ0) is 16.7. The highest BCUT2D eigenvalue weighted by Crippen LogP contribution is 2.13. The van der Waals surface area contributed by atoms with E-state index in [9.17, 15) is 9.59 Å². The van der Waals surface area contributed by atoms with Crippen molar-refractivity contribution >= 4 is 11.8 Å². The van der Waals surface area contributed by atoms with Crippen LogP contribution in [-0.2, 0) is 16.0 Å². The second kappa shape index (κ2) is 8.53. The average molecular weight is 319 g/mol. The average Bonchev–Trinajstić information content (AvgIpc) is 2.60. The summed E-state index contributed by atoms with van der Waals surface area (Å²) in [4.78, 5) is 27.7. The Labute approximate surface area is 137 Å². The number of nitrogens with zero attached hydrogens (tertiary/aromatic N) is 2. The van der Waals surface area contributed by atoms with Crippen molar-refractivity contribution < 1.29 is 14.3 Å². The van der Waals surface area contributed by atoms with Crippen molar-refractivity contribution in [2.75, 3.05) is 39.8 Å². The fraction of sp³-hybridized carbons (Fsp3) is 0.529. The summed E-state index contributed by atoms with van der Waals surface area (Å²) >= 11 is 0. The van der Waals surface area contributed by atoms with Gasteiger partial charge >= 0.3 is 0 Å². The molecule has 1 aliphatic heterocycles. The number of aryl methyl sites for hydroxylation is 1. The maximum atomic E-state index is 12.3. The van der Waals surface area contributed by atoms with Crippen LogP contribution >= 0.6 is 0 Å². The number of benzene rings is 1. The fourth-order valence-corrected chi connectivity index (χ4v) is 2.69. The summed E-state index contributed by atoms with van der Waals surface area (Å²) < 4.78 is 5.12. The molecule has 23 heavy (non-hydrogen) atoms. The van der Waals surface area contributed by atoms with E-state index in [1.165, 1.54) is 0 Å². The van der Waals surface area contributed by atoms with E-state index in [4.69, 9.17) is 10.5 Å². The number of carbonyl (C=O) groups is 2. The van der Waals surface area contributed by atoms with Crippen molar-refractivity contribution in [3.8, 4) is 5.75 Å². The number of carbonyl (C=O) groups excluding carboxylic acids is 2. The van der Waals surface area contributed by atoms with E-state index >= 15 is 0 Å². The minimum atomic E-state index is 0.0813. The standard InChI is InChI=1S/C17H25N3O3/c1-23-15-5-2-14(3-6-15)4-7-16(21)19-10-12-20(13-11-19)17(22)8-9-18/h2-3,5-6H,4,7-13,18H2,1H3. The van der Waals surface area contributed by atoms with Crippen LogP contribution in [0, 0.1) is 0 Å². The summed E-state index contributed by atoms with van der Waals surface area (Å²) in [5.41, 5.74) is 6.53. The van der Waals surface area contributed by atoms with Crippen molar-refractivity contribution in [1.29, 1.82) is 0 Å². The van der Waals surface area contributed by atoms with Crippen molar-refractivity contribution in [3.05, 3.63) is 29.8 Å². The molecule has 0 spiro atoms. The van der Waals surface area contributed by atoms with Gasteiger partial charge in [-0.05, 0) is 24.1 Å². The van der Waals surface area contributed by atoms with Crippen LogP contribution in [0.4, 0.5) is 0 Å². The number of piperazine rings is 1. The third-order valence-electron chi connectivity index (χ3n) is 4.13. The van der Waals surface area contributed by atoms with Crippen LogP contribution in [0.15, 0.2) is 24.3 Å². The first-order valence-corrected chi connectivity index (χ1v) is 8.02. The van der Waals surface area contributed by atoms with E-state index < -0.39 is 0 Å². The van der Waals surface area contributed by atoms with E-state index in [-0.39, 0.29) is 11.8 Å². The van der Waals surface area contributed by atoms with Crippen LogP contribution in [0.3, 0.4) is 0 Å². The van der Waals surface area contributed by atoms with Gasteiger partial charge < -0.3 is 20.3 Å². The zero-order valence-electron chi connectivity index (χ0n) is 13.7. The van der Waals surface area contributed by atoms with Crippen molar-refractivity contribution in [2.24, 2.45) is 5.73 Å². The van der Waals surface area contributed by atoms with Crippen LogP contribution in [0.5, 0.6) is 5.75 Å². The third kappa shape index (κ3) is 4.96. The second-order valence-electron chi connectivity index (χ2n) is 5.65. The molecule has 2 rings (SSSR count). The summed E-state index contributed by atoms with van der Waals surface area (Å²) in [6.07, 6.45) is 1.59. The first-order valence-electron chi connectivity index (χ1n) is 8.02. The van der Waals surface area contributed by atoms with Gasteiger partial charge in [0.05, 0.1) is 7.11 Å². The predicted octanol–water partition coefficient (Wildman–Crippen LogP) is 0.647. The van der Waals surface area contributed by atoms with Crippen molar-refractivity contribution in [2.45, 2.75) is 19.3 Å². The number of nitrogens with two attached hydrogens (primary N) is 1. The van der Waals surface area contributed by atoms with E-state index in [1.54, 1.807) is 12.0 Å². The van der Waals surface area contributed by atoms with Gasteiger partial charge in [-0.2, -0.15) is 0 Å². The topological polar surface area (TPSA) is 75.9 Å². The lowest BCUT2D eigenvalue weighted by Crippen LogP contribution is -2.50. The molecule has 6 heteroatoms. The summed E-state index contributed by atoms with van der Waals surface area (Å²) in [6.45, 7) is 2.80. The lowest BCUT2D eigenvalue weighted by atomic mass is 10.1. The van der Waals surface area contributed by atoms with Crippen LogP contribution in [0.2, 0.25) is 0 Å². The molecule has 0 unspecified atom stereocenters. The largest absolute Gasteiger partial charge is 0.497 e. The van der Waals surface area contributed by atoms with Gasteiger partial charge in [-0.1, -0.05) is 12.1 Å². The molecule has 2 amide bonds. The molecule has 0 bridgehead atoms. The molecule has 1 saturated heterocycles. The Hall–Kier alpha value is -2.08. The van der Waals surface area contributed by atoms with Gasteiger partial charge in [-0.15, -0.1) is 0 Å². The molecule has 1 aliphatic rings. The lowest BCUT2D eigenvalue weighted by molar-refractivity contribution is -0.139. The maximum Gasteiger partial charge on any atom is 0.223 e. The molecule has 2 N–H and O–H groups in total. The number of hydrogen-bond acceptors (Lipinski definition) is 4. The van der Waals surface area contributed by atoms with Crippen molar-refractivity contribution in [1.82, 2.24) is 9.80 Å². The Morgan fingerprint density at radius 2 is 1.52 bits per heavy atom. The molecule has 0 saturated carbocycles. The molecule has 0 radical (unpaired) electrons. The summed E-state index contributed by atoms with van der Waals surface area (Å²) in [5.74, 6) is 1.04. The highest BCUT2D eigenvalue weighted by atomic mass is 16.5. The van der Waals surface area contributed by atoms with Gasteiger partial charge in [0.2, 0.25) is 11.8 Å². The van der Waals surface area contributed by atoms with E-state index in [0.717, 1.165) is 17.7 Å². The van der Waals surface area contributed by atoms with Crippen LogP contribution in [0.25, 0.3) is 0 Å². The van der Waals surface area contributed by atoms with E-state index in [0.29, 0.717) is 45.6 Å². The number of amides is 2. The Bertz CT molecular complexity index is 522. The van der Waals surface area contributed by atoms with Crippen LogP contribution < -0.4 is 10.5 Å². The number of ether oxygens (including phenoxy) is 1. The SMILES string of the molecule is COc1ccc(CCC(=O)N2CCN(C(=O)CCN)CC2)cc1. The van der Waals surface area contributed by atoms with E-state index in [2.05, 4.69) is 0 Å². The van der Waals surface area contributed by atoms with Gasteiger partial charge in [0.25, 0.3) is 0 Å². The monoisotopic (exact) mass is 319 g/mol. The highest BCUT2D eigenvalue weighted by molar-refractivity contribution is 5.78. The number of rotatable bonds is 6. The van der Waals surface area contributed by atoms with Crippen LogP contribution in [-0.4, -0.2) is 61.4 Å². The summed E-state index contributed by atoms with van der Waals surface area (Å²) in [7, 11) is 1.64. The predicted molar refractivity (Wildman–Crippen MR) is 88.1 cm³/mol. The normalized spacial score (nSPS) is 14.7. The number of hydrogen-bond donors (Lipinski definition) is 1. The smallest absolute Gasteiger partial charge is 0.223 e. The molecule has 0 aliphatic carbocycles. The molecule has 126 valence electrons. The molecule has 6 nitrogen and oxygen atoms in total. The summed E-state index contributed by atoms with van der Waals surface area (Å²) in [5, 5.41) is 0. The molecule has 1 heterocycles. The minimum absolute atomic E-state index is 0.0813. The quantitative estimate of drug-likeness (QED) is 0.835. The first-order chi connectivity index (χ1) is 11.1. The maximum absolute atomic E-state index is 12.3. The molecule has 0 atom stereocenters. The van der Waals surface area contributed by atoms with Crippen molar-refractivity contribution in [3.63, 3.8) is 0 Å². The van der Waals surface area contributed by atoms with Gasteiger partial charge in [0, 0.05) is 45.6 Å². The Morgan fingerprint density at radius 1 is 1.00 bits per heavy atom. The Kier molecular flexibility index (Phi) is 6.40. The molecule has 0 aromatic heterocycles. The third-order valence-corrected chi connectivity index (χ3v) is 4.13. The molecule has 1 fully saturated rings. The molecule has 1 aromatic rings. The first kappa shape index (κ1) is 17.3. The number of methoxy groups -OCH3 is 1. The minimum Gasteiger partial charge on any atom is -0.497 e. The second-order valence-corrected chi connectivity index (χ2v) is 5.65. The van der Waals surface area contributed by atoms with Gasteiger partial charge in [0.15, 0.2) is 0 Å². The van der Waals surface area contributed by atoms with Gasteiger partial charge in [-0.3, -0.25) is 9.59 Å².